The molecule has 0 aliphatic carbocycles. The quantitative estimate of drug-likeness (QED) is 0.301. The van der Waals surface area contributed by atoms with E-state index < -0.39 is 22.8 Å². The fourth-order valence-corrected chi connectivity index (χ4v) is 5.06. The highest BCUT2D eigenvalue weighted by atomic mass is 16.6. The van der Waals surface area contributed by atoms with Crippen LogP contribution in [0.15, 0.2) is 58.3 Å². The van der Waals surface area contributed by atoms with Crippen molar-refractivity contribution in [3.63, 3.8) is 0 Å². The van der Waals surface area contributed by atoms with E-state index in [0.717, 1.165) is 31.9 Å². The lowest BCUT2D eigenvalue weighted by molar-refractivity contribution is 0.0636. The molecule has 44 heavy (non-hydrogen) atoms. The average molecular weight is 603 g/mol. The Labute approximate surface area is 255 Å². The Morgan fingerprint density at radius 2 is 1.75 bits per heavy atom. The van der Waals surface area contributed by atoms with Crippen LogP contribution >= 0.6 is 0 Å². The van der Waals surface area contributed by atoms with Crippen molar-refractivity contribution in [2.45, 2.75) is 39.8 Å². The smallest absolute Gasteiger partial charge is 0.412 e. The number of carbonyl (C=O) groups excluding carboxylic acids is 1. The maximum absolute atomic E-state index is 13.5. The van der Waals surface area contributed by atoms with Crippen LogP contribution in [0.4, 0.5) is 27.8 Å². The van der Waals surface area contributed by atoms with Crippen LogP contribution in [0.5, 0.6) is 5.75 Å². The van der Waals surface area contributed by atoms with Crippen molar-refractivity contribution in [2.75, 3.05) is 55.9 Å². The lowest BCUT2D eigenvalue weighted by Crippen LogP contribution is -2.44. The Hall–Kier alpha value is -4.91. The van der Waals surface area contributed by atoms with E-state index in [0.29, 0.717) is 28.3 Å². The van der Waals surface area contributed by atoms with Gasteiger partial charge in [-0.1, -0.05) is 6.07 Å². The summed E-state index contributed by atoms with van der Waals surface area (Å²) in [4.78, 5) is 52.7. The molecule has 0 radical (unpaired) electrons. The number of ether oxygens (including phenoxy) is 2. The van der Waals surface area contributed by atoms with Crippen molar-refractivity contribution in [1.82, 2.24) is 24.0 Å². The Morgan fingerprint density at radius 1 is 1.00 bits per heavy atom. The third-order valence-corrected chi connectivity index (χ3v) is 7.25. The fraction of sp³-hybridized carbons (Fsp3) is 0.387. The van der Waals surface area contributed by atoms with Crippen molar-refractivity contribution in [1.29, 1.82) is 0 Å². The molecular weight excluding hydrogens is 564 g/mol. The van der Waals surface area contributed by atoms with Crippen LogP contribution in [-0.2, 0) is 11.3 Å². The molecule has 0 spiro atoms. The first-order chi connectivity index (χ1) is 21.0. The normalized spacial score (nSPS) is 14.0. The molecule has 0 unspecified atom stereocenters. The monoisotopic (exact) mass is 602 g/mol. The summed E-state index contributed by atoms with van der Waals surface area (Å²) in [7, 11) is 3.72. The van der Waals surface area contributed by atoms with E-state index >= 15 is 0 Å². The molecule has 2 aromatic carbocycles. The van der Waals surface area contributed by atoms with Gasteiger partial charge in [-0.15, -0.1) is 0 Å². The second kappa shape index (κ2) is 12.4. The molecule has 0 atom stereocenters. The molecule has 13 heteroatoms. The molecule has 1 fully saturated rings. The zero-order valence-corrected chi connectivity index (χ0v) is 25.9. The number of piperazine rings is 1. The van der Waals surface area contributed by atoms with Crippen LogP contribution in [-0.4, -0.2) is 76.0 Å². The number of benzene rings is 2. The van der Waals surface area contributed by atoms with Crippen molar-refractivity contribution < 1.29 is 14.3 Å². The van der Waals surface area contributed by atoms with Gasteiger partial charge < -0.3 is 24.6 Å². The van der Waals surface area contributed by atoms with E-state index in [4.69, 9.17) is 9.47 Å². The molecule has 1 amide bonds. The van der Waals surface area contributed by atoms with Gasteiger partial charge in [-0.25, -0.2) is 9.78 Å². The largest absolute Gasteiger partial charge is 0.494 e. The number of fused-ring (bicyclic) bond motifs is 1. The minimum Gasteiger partial charge on any atom is -0.494 e. The first kappa shape index (κ1) is 30.5. The molecule has 1 aliphatic rings. The van der Waals surface area contributed by atoms with Crippen LogP contribution in [0.25, 0.3) is 16.9 Å². The van der Waals surface area contributed by atoms with E-state index in [2.05, 4.69) is 37.4 Å². The number of hydrogen-bond donors (Lipinski definition) is 2. The minimum atomic E-state index is -0.785. The molecule has 1 saturated heterocycles. The van der Waals surface area contributed by atoms with Crippen LogP contribution < -0.4 is 31.4 Å². The van der Waals surface area contributed by atoms with Crippen LogP contribution in [0, 0.1) is 0 Å². The molecule has 4 aromatic rings. The molecule has 1 aliphatic heterocycles. The third kappa shape index (κ3) is 6.52. The van der Waals surface area contributed by atoms with Gasteiger partial charge in [0.1, 0.15) is 16.9 Å². The summed E-state index contributed by atoms with van der Waals surface area (Å²) in [5.41, 5.74) is 0.840. The fourth-order valence-electron chi connectivity index (χ4n) is 5.06. The zero-order chi connectivity index (χ0) is 31.6. The minimum absolute atomic E-state index is 0.209. The van der Waals surface area contributed by atoms with Gasteiger partial charge in [0.25, 0.3) is 0 Å². The Bertz CT molecular complexity index is 1800. The first-order valence-corrected chi connectivity index (χ1v) is 14.5. The number of hydrogen-bond acceptors (Lipinski definition) is 10. The number of rotatable bonds is 7. The lowest BCUT2D eigenvalue weighted by atomic mass is 10.2. The first-order valence-electron chi connectivity index (χ1n) is 14.5. The highest BCUT2D eigenvalue weighted by Crippen LogP contribution is 2.32. The van der Waals surface area contributed by atoms with Crippen LogP contribution in [0.3, 0.4) is 0 Å². The summed E-state index contributed by atoms with van der Waals surface area (Å²) in [6.07, 6.45) is 0.869. The maximum atomic E-state index is 13.5. The predicted octanol–water partition coefficient (Wildman–Crippen LogP) is 3.81. The van der Waals surface area contributed by atoms with Gasteiger partial charge in [-0.3, -0.25) is 24.0 Å². The predicted molar refractivity (Wildman–Crippen MR) is 171 cm³/mol. The molecule has 2 aromatic heterocycles. The Balaban J connectivity index is 1.53. The van der Waals surface area contributed by atoms with Crippen molar-refractivity contribution >= 4 is 40.3 Å². The van der Waals surface area contributed by atoms with Gasteiger partial charge in [0.15, 0.2) is 5.65 Å². The topological polar surface area (TPSA) is 136 Å². The summed E-state index contributed by atoms with van der Waals surface area (Å²) >= 11 is 0. The van der Waals surface area contributed by atoms with Crippen molar-refractivity contribution in [3.8, 4) is 11.4 Å². The second-order valence-electron chi connectivity index (χ2n) is 11.6. The molecule has 13 nitrogen and oxygen atoms in total. The molecule has 5 rings (SSSR count). The van der Waals surface area contributed by atoms with Gasteiger partial charge >= 0.3 is 17.2 Å². The van der Waals surface area contributed by atoms with E-state index in [1.54, 1.807) is 59.1 Å². The van der Waals surface area contributed by atoms with Gasteiger partial charge in [-0.05, 0) is 65.1 Å². The van der Waals surface area contributed by atoms with Gasteiger partial charge in [0, 0.05) is 50.2 Å². The van der Waals surface area contributed by atoms with Crippen LogP contribution in [0.1, 0.15) is 27.7 Å². The summed E-state index contributed by atoms with van der Waals surface area (Å²) in [5, 5.41) is 5.89. The maximum Gasteiger partial charge on any atom is 0.412 e. The molecule has 232 valence electrons. The van der Waals surface area contributed by atoms with Crippen molar-refractivity contribution in [2.24, 2.45) is 0 Å². The number of carbonyl (C=O) groups is 1. The number of methoxy groups -OCH3 is 1. The summed E-state index contributed by atoms with van der Waals surface area (Å²) in [6, 6.07) is 12.5. The number of aromatic nitrogens is 4. The SMILES string of the molecule is CCn1c(=O)c(=O)n(-c2cccc(NC(=O)OC(C)(C)C)c2)c2nc(Nc3ccc(N4CCN(C)CC4)cc3OC)ncc21. The highest BCUT2D eigenvalue weighted by molar-refractivity contribution is 5.85. The number of nitrogens with zero attached hydrogens (tertiary/aromatic N) is 6. The Kier molecular flexibility index (Phi) is 8.59. The van der Waals surface area contributed by atoms with Crippen molar-refractivity contribution in [3.05, 3.63) is 69.4 Å². The Morgan fingerprint density at radius 3 is 2.43 bits per heavy atom. The van der Waals surface area contributed by atoms with Gasteiger partial charge in [0.05, 0.1) is 24.7 Å². The number of nitrogens with one attached hydrogen (secondary N) is 2. The number of anilines is 4. The molecular formula is C31H38N8O5. The number of aryl methyl sites for hydroxylation is 1. The van der Waals surface area contributed by atoms with Gasteiger partial charge in [0.2, 0.25) is 5.95 Å². The third-order valence-electron chi connectivity index (χ3n) is 7.25. The number of likely N-dealkylation sites (N-methyl/N-ethyl adjacent to an activating group) is 1. The molecule has 0 saturated carbocycles. The second-order valence-corrected chi connectivity index (χ2v) is 11.6. The molecule has 3 heterocycles. The van der Waals surface area contributed by atoms with E-state index in [-0.39, 0.29) is 18.1 Å². The van der Waals surface area contributed by atoms with Crippen LogP contribution in [0.2, 0.25) is 0 Å². The lowest BCUT2D eigenvalue weighted by Gasteiger charge is -2.34. The molecule has 2 N–H and O–H groups in total. The zero-order valence-electron chi connectivity index (χ0n) is 25.9. The molecule has 0 bridgehead atoms. The van der Waals surface area contributed by atoms with E-state index in [1.165, 1.54) is 15.3 Å². The van der Waals surface area contributed by atoms with E-state index in [1.807, 2.05) is 18.2 Å². The highest BCUT2D eigenvalue weighted by Gasteiger charge is 2.20. The summed E-state index contributed by atoms with van der Waals surface area (Å²) in [5.74, 6) is 0.822. The van der Waals surface area contributed by atoms with Gasteiger partial charge in [-0.2, -0.15) is 4.98 Å². The summed E-state index contributed by atoms with van der Waals surface area (Å²) in [6.45, 7) is 11.1. The van der Waals surface area contributed by atoms with E-state index in [9.17, 15) is 14.4 Å². The average Bonchev–Trinajstić information content (AvgIpc) is 2.98. The summed E-state index contributed by atoms with van der Waals surface area (Å²) < 4.78 is 13.6. The standard InChI is InChI=1S/C31H38N8O5/c1-7-38-24-19-32-29(34-23-12-11-21(18-25(23)43-6)37-15-13-36(5)14-16-37)35-26(24)39(28(41)27(38)40)22-10-8-9-20(17-22)33-30(42)44-31(2,3)4/h8-12,17-19H,7,13-16H2,1-6H3,(H,33,42)(H,32,34,35). The number of amides is 1.